The lowest BCUT2D eigenvalue weighted by Gasteiger charge is -2.43. The van der Waals surface area contributed by atoms with E-state index < -0.39 is 5.41 Å². The lowest BCUT2D eigenvalue weighted by molar-refractivity contribution is -0.385. The average Bonchev–Trinajstić information content (AvgIpc) is 2.72. The van der Waals surface area contributed by atoms with Crippen LogP contribution >= 0.6 is 0 Å². The van der Waals surface area contributed by atoms with Gasteiger partial charge in [-0.25, -0.2) is 0 Å². The van der Waals surface area contributed by atoms with Gasteiger partial charge in [-0.05, 0) is 12.8 Å². The summed E-state index contributed by atoms with van der Waals surface area (Å²) < 4.78 is 11.1. The summed E-state index contributed by atoms with van der Waals surface area (Å²) in [6, 6.07) is 6.83. The van der Waals surface area contributed by atoms with Gasteiger partial charge in [-0.1, -0.05) is 36.4 Å². The maximum Gasteiger partial charge on any atom is 0.306 e. The molecule has 2 fully saturated rings. The largest absolute Gasteiger partial charge is 0.466 e. The number of nitro benzene ring substituents is 1. The van der Waals surface area contributed by atoms with Crippen molar-refractivity contribution in [3.63, 3.8) is 0 Å². The standard InChI is InChI=1S/C21H23NO5/c1-3-21(11-18(23)26-4-2)16-10-9-14(19(21)20-15(16)12-27-20)13-7-5-6-8-17(13)22(24)25/h3,5-10,14-16,19-20H,1,4,11-12H2,2H3/t14-,15-,16+,19-,20-,21-/m0/s1. The maximum absolute atomic E-state index is 12.4. The highest BCUT2D eigenvalue weighted by atomic mass is 16.6. The Morgan fingerprint density at radius 2 is 2.22 bits per heavy atom. The molecule has 1 aromatic carbocycles. The number of para-hydroxylation sites is 1. The third-order valence-electron chi connectivity index (χ3n) is 6.50. The summed E-state index contributed by atoms with van der Waals surface area (Å²) in [5, 5.41) is 11.6. The lowest BCUT2D eigenvalue weighted by atomic mass is 9.60. The Kier molecular flexibility index (Phi) is 4.38. The van der Waals surface area contributed by atoms with Crippen molar-refractivity contribution < 1.29 is 19.2 Å². The number of benzene rings is 1. The molecule has 6 atom stereocenters. The van der Waals surface area contributed by atoms with Crippen LogP contribution in [0.3, 0.4) is 0 Å². The molecule has 1 saturated carbocycles. The molecule has 0 aromatic heterocycles. The zero-order valence-corrected chi connectivity index (χ0v) is 15.2. The Labute approximate surface area is 158 Å². The summed E-state index contributed by atoms with van der Waals surface area (Å²) in [6.45, 7) is 6.83. The zero-order valence-electron chi connectivity index (χ0n) is 15.2. The Bertz CT molecular complexity index is 819. The molecule has 0 amide bonds. The Morgan fingerprint density at radius 3 is 2.85 bits per heavy atom. The molecule has 1 heterocycles. The number of fused-ring (bicyclic) bond motifs is 5. The minimum absolute atomic E-state index is 0.0257. The first-order valence-corrected chi connectivity index (χ1v) is 9.36. The van der Waals surface area contributed by atoms with Crippen molar-refractivity contribution in [2.45, 2.75) is 25.4 Å². The summed E-state index contributed by atoms with van der Waals surface area (Å²) >= 11 is 0. The monoisotopic (exact) mass is 369 g/mol. The van der Waals surface area contributed by atoms with Crippen LogP contribution in [0.25, 0.3) is 0 Å². The van der Waals surface area contributed by atoms with Gasteiger partial charge in [0, 0.05) is 34.8 Å². The van der Waals surface area contributed by atoms with Gasteiger partial charge in [-0.15, -0.1) is 6.58 Å². The quantitative estimate of drug-likeness (QED) is 0.331. The number of hydrogen-bond acceptors (Lipinski definition) is 5. The van der Waals surface area contributed by atoms with Crippen LogP contribution in [0.2, 0.25) is 0 Å². The van der Waals surface area contributed by atoms with E-state index in [-0.39, 0.29) is 46.9 Å². The van der Waals surface area contributed by atoms with Crippen LogP contribution in [-0.2, 0) is 14.3 Å². The molecule has 142 valence electrons. The predicted molar refractivity (Wildman–Crippen MR) is 99.1 cm³/mol. The van der Waals surface area contributed by atoms with Gasteiger partial charge in [0.05, 0.1) is 30.7 Å². The molecule has 0 radical (unpaired) electrons. The minimum atomic E-state index is -0.513. The summed E-state index contributed by atoms with van der Waals surface area (Å²) in [4.78, 5) is 23.6. The molecule has 1 aromatic rings. The minimum Gasteiger partial charge on any atom is -0.466 e. The first-order valence-electron chi connectivity index (χ1n) is 9.36. The van der Waals surface area contributed by atoms with E-state index in [9.17, 15) is 14.9 Å². The van der Waals surface area contributed by atoms with Gasteiger partial charge in [-0.3, -0.25) is 14.9 Å². The predicted octanol–water partition coefficient (Wildman–Crippen LogP) is 3.63. The van der Waals surface area contributed by atoms with Gasteiger partial charge >= 0.3 is 5.97 Å². The highest BCUT2D eigenvalue weighted by Crippen LogP contribution is 2.66. The third kappa shape index (κ3) is 2.54. The molecule has 0 N–H and O–H groups in total. The summed E-state index contributed by atoms with van der Waals surface area (Å²) in [5.74, 6) is -0.0845. The first-order chi connectivity index (χ1) is 13.0. The van der Waals surface area contributed by atoms with E-state index in [0.29, 0.717) is 24.7 Å². The number of nitrogens with zero attached hydrogens (tertiary/aromatic N) is 1. The van der Waals surface area contributed by atoms with Gasteiger partial charge in [0.15, 0.2) is 0 Å². The van der Waals surface area contributed by atoms with Crippen molar-refractivity contribution in [2.75, 3.05) is 13.2 Å². The van der Waals surface area contributed by atoms with E-state index in [0.717, 1.165) is 0 Å². The maximum atomic E-state index is 12.4. The number of esters is 1. The van der Waals surface area contributed by atoms with E-state index in [4.69, 9.17) is 9.47 Å². The first kappa shape index (κ1) is 17.9. The molecule has 6 heteroatoms. The Balaban J connectivity index is 1.80. The summed E-state index contributed by atoms with van der Waals surface area (Å²) in [5.41, 5.74) is 0.247. The van der Waals surface area contributed by atoms with E-state index in [2.05, 4.69) is 18.7 Å². The molecule has 4 rings (SSSR count). The highest BCUT2D eigenvalue weighted by Gasteiger charge is 2.66. The van der Waals surface area contributed by atoms with Crippen LogP contribution < -0.4 is 0 Å². The van der Waals surface area contributed by atoms with E-state index >= 15 is 0 Å². The molecule has 2 bridgehead atoms. The summed E-state index contributed by atoms with van der Waals surface area (Å²) in [7, 11) is 0. The van der Waals surface area contributed by atoms with Gasteiger partial charge < -0.3 is 9.47 Å². The molecule has 1 aliphatic heterocycles. The van der Waals surface area contributed by atoms with Gasteiger partial charge in [-0.2, -0.15) is 0 Å². The van der Waals surface area contributed by atoms with Crippen molar-refractivity contribution in [1.82, 2.24) is 0 Å². The molecule has 0 spiro atoms. The normalized spacial score (nSPS) is 35.8. The number of hydrogen-bond donors (Lipinski definition) is 0. The fraction of sp³-hybridized carbons (Fsp3) is 0.476. The van der Waals surface area contributed by atoms with Crippen LogP contribution in [0.5, 0.6) is 0 Å². The van der Waals surface area contributed by atoms with E-state index in [1.165, 1.54) is 6.07 Å². The van der Waals surface area contributed by atoms with Crippen LogP contribution in [0.1, 0.15) is 24.8 Å². The van der Waals surface area contributed by atoms with Crippen molar-refractivity contribution >= 4 is 11.7 Å². The molecule has 3 aliphatic rings. The third-order valence-corrected chi connectivity index (χ3v) is 6.50. The lowest BCUT2D eigenvalue weighted by Crippen LogP contribution is -2.43. The molecule has 27 heavy (non-hydrogen) atoms. The van der Waals surface area contributed by atoms with E-state index in [1.807, 2.05) is 12.1 Å². The SMILES string of the molecule is C=C[C@@]1(CC(=O)OCC)[C@@H]2[C@H]3OC[C@H]3[C@H]1C=C[C@H]2c1ccccc1[N+](=O)[O-]. The van der Waals surface area contributed by atoms with Crippen molar-refractivity contribution in [3.05, 3.63) is 64.8 Å². The Morgan fingerprint density at radius 1 is 1.44 bits per heavy atom. The number of carbonyl (C=O) groups is 1. The van der Waals surface area contributed by atoms with Crippen LogP contribution in [0.15, 0.2) is 49.1 Å². The van der Waals surface area contributed by atoms with Crippen LogP contribution in [-0.4, -0.2) is 30.2 Å². The average molecular weight is 369 g/mol. The Hall–Kier alpha value is -2.47. The second-order valence-corrected chi connectivity index (χ2v) is 7.54. The highest BCUT2D eigenvalue weighted by molar-refractivity contribution is 5.71. The fourth-order valence-corrected chi connectivity index (χ4v) is 5.42. The number of ether oxygens (including phenoxy) is 2. The molecule has 6 nitrogen and oxygen atoms in total. The number of allylic oxidation sites excluding steroid dienone is 3. The van der Waals surface area contributed by atoms with Crippen LogP contribution in [0.4, 0.5) is 5.69 Å². The van der Waals surface area contributed by atoms with Gasteiger partial charge in [0.25, 0.3) is 5.69 Å². The molecular formula is C21H23NO5. The van der Waals surface area contributed by atoms with Crippen molar-refractivity contribution in [1.29, 1.82) is 0 Å². The molecular weight excluding hydrogens is 346 g/mol. The topological polar surface area (TPSA) is 78.7 Å². The van der Waals surface area contributed by atoms with Gasteiger partial charge in [0.2, 0.25) is 0 Å². The van der Waals surface area contributed by atoms with Crippen LogP contribution in [0, 0.1) is 33.3 Å². The fourth-order valence-electron chi connectivity index (χ4n) is 5.42. The van der Waals surface area contributed by atoms with Crippen molar-refractivity contribution in [2.24, 2.45) is 23.2 Å². The van der Waals surface area contributed by atoms with Crippen molar-refractivity contribution in [3.8, 4) is 0 Å². The number of nitro groups is 1. The molecule has 1 saturated heterocycles. The number of carbonyl (C=O) groups excluding carboxylic acids is 1. The number of rotatable bonds is 6. The molecule has 2 aliphatic carbocycles. The second kappa shape index (κ2) is 6.60. The van der Waals surface area contributed by atoms with Gasteiger partial charge in [0.1, 0.15) is 0 Å². The molecule has 0 unspecified atom stereocenters. The van der Waals surface area contributed by atoms with E-state index in [1.54, 1.807) is 19.1 Å². The zero-order chi connectivity index (χ0) is 19.2. The second-order valence-electron chi connectivity index (χ2n) is 7.54. The smallest absolute Gasteiger partial charge is 0.306 e. The summed E-state index contributed by atoms with van der Waals surface area (Å²) in [6.07, 6.45) is 6.24.